The van der Waals surface area contributed by atoms with Crippen LogP contribution in [0.25, 0.3) is 39.5 Å². The number of aromatic nitrogens is 2. The number of rotatable bonds is 3. The fourth-order valence-electron chi connectivity index (χ4n) is 7.77. The second kappa shape index (κ2) is 13.1. The molecule has 2 unspecified atom stereocenters. The van der Waals surface area contributed by atoms with Crippen molar-refractivity contribution in [2.75, 3.05) is 11.9 Å². The largest absolute Gasteiger partial charge is 3.00 e. The Labute approximate surface area is 304 Å². The first-order valence-corrected chi connectivity index (χ1v) is 16.9. The van der Waals surface area contributed by atoms with Crippen LogP contribution >= 0.6 is 0 Å². The Balaban J connectivity index is 0.000000170. The molecule has 3 aliphatic heterocycles. The predicted molar refractivity (Wildman–Crippen MR) is 197 cm³/mol. The van der Waals surface area contributed by atoms with E-state index in [1.807, 2.05) is 24.4 Å². The average molecular weight is 819 g/mol. The number of aliphatic imine (C=N–C) groups is 1. The van der Waals surface area contributed by atoms with Crippen LogP contribution in [0.2, 0.25) is 0 Å². The number of fused-ring (bicyclic) bond motifs is 12. The number of nitrogens with zero attached hydrogens (tertiary/aromatic N) is 5. The Hall–Kier alpha value is -4.51. The van der Waals surface area contributed by atoms with Crippen LogP contribution in [0.1, 0.15) is 79.3 Å². The maximum absolute atomic E-state index is 5.28. The Morgan fingerprint density at radius 1 is 0.776 bits per heavy atom. The molecule has 4 aromatic carbocycles. The molecule has 0 saturated heterocycles. The van der Waals surface area contributed by atoms with E-state index in [1.54, 1.807) is 0 Å². The second-order valence-electron chi connectivity index (χ2n) is 13.7. The summed E-state index contributed by atoms with van der Waals surface area (Å²) in [6.45, 7) is 11.2. The minimum atomic E-state index is 0. The van der Waals surface area contributed by atoms with E-state index in [0.717, 1.165) is 22.8 Å². The molecule has 0 bridgehead atoms. The zero-order valence-corrected chi connectivity index (χ0v) is 31.2. The van der Waals surface area contributed by atoms with Crippen molar-refractivity contribution >= 4 is 17.6 Å². The number of hydrogen-bond acceptors (Lipinski definition) is 4. The van der Waals surface area contributed by atoms with E-state index in [9.17, 15) is 0 Å². The Morgan fingerprint density at radius 3 is 2.22 bits per heavy atom. The molecule has 0 radical (unpaired) electrons. The van der Waals surface area contributed by atoms with Crippen molar-refractivity contribution in [1.29, 1.82) is 0 Å². The fourth-order valence-corrected chi connectivity index (χ4v) is 7.77. The summed E-state index contributed by atoms with van der Waals surface area (Å²) in [4.78, 5) is 14.1. The van der Waals surface area contributed by atoms with Crippen molar-refractivity contribution in [1.82, 2.24) is 14.5 Å². The number of imidazole rings is 1. The van der Waals surface area contributed by atoms with Crippen molar-refractivity contribution in [3.8, 4) is 33.8 Å². The number of hydrogen-bond donors (Lipinski definition) is 0. The minimum Gasteiger partial charge on any atom is -0.510 e. The van der Waals surface area contributed by atoms with Gasteiger partial charge in [0, 0.05) is 48.0 Å². The summed E-state index contributed by atoms with van der Waals surface area (Å²) in [5.74, 6) is 2.40. The second-order valence-corrected chi connectivity index (χ2v) is 13.7. The SMILES string of the molecule is CC(C)c1cccc(C(C)C)c1-c1nc2c(n1C)C1C=NC=CC1c1ccc[c-]c1-2.CN1C=C2c3ccccc3-c3ccc[c-]c3N2[CH-]1.[Ir+3]. The van der Waals surface area contributed by atoms with Gasteiger partial charge in [0.05, 0.1) is 0 Å². The molecule has 4 aliphatic rings. The van der Waals surface area contributed by atoms with Gasteiger partial charge >= 0.3 is 20.1 Å². The van der Waals surface area contributed by atoms with Crippen LogP contribution in [-0.2, 0) is 27.2 Å². The maximum Gasteiger partial charge on any atom is 3.00 e. The number of para-hydroxylation sites is 1. The zero-order chi connectivity index (χ0) is 33.1. The van der Waals surface area contributed by atoms with Gasteiger partial charge in [-0.15, -0.1) is 41.0 Å². The molecule has 1 aromatic heterocycles. The topological polar surface area (TPSA) is 36.7 Å². The summed E-state index contributed by atoms with van der Waals surface area (Å²) in [5.41, 5.74) is 14.9. The summed E-state index contributed by atoms with van der Waals surface area (Å²) >= 11 is 0. The Bertz CT molecular complexity index is 2110. The molecule has 0 fully saturated rings. The molecule has 6 heteroatoms. The molecular weight excluding hydrogens is 779 g/mol. The molecule has 0 amide bonds. The molecule has 246 valence electrons. The maximum atomic E-state index is 5.28. The molecule has 0 spiro atoms. The quantitative estimate of drug-likeness (QED) is 0.170. The van der Waals surface area contributed by atoms with Gasteiger partial charge in [-0.3, -0.25) is 9.98 Å². The van der Waals surface area contributed by atoms with Crippen LogP contribution in [0, 0.1) is 18.8 Å². The van der Waals surface area contributed by atoms with Gasteiger partial charge in [-0.05, 0) is 47.7 Å². The van der Waals surface area contributed by atoms with Crippen LogP contribution < -0.4 is 4.90 Å². The number of benzene rings is 4. The number of anilines is 1. The average Bonchev–Trinajstić information content (AvgIpc) is 3.68. The molecule has 9 rings (SSSR count). The van der Waals surface area contributed by atoms with Crippen molar-refractivity contribution < 1.29 is 20.1 Å². The molecule has 0 saturated carbocycles. The van der Waals surface area contributed by atoms with E-state index in [1.165, 1.54) is 50.3 Å². The Morgan fingerprint density at radius 2 is 1.47 bits per heavy atom. The van der Waals surface area contributed by atoms with Gasteiger partial charge in [0.2, 0.25) is 0 Å². The molecule has 0 N–H and O–H groups in total. The molecule has 5 aromatic rings. The van der Waals surface area contributed by atoms with Gasteiger partial charge < -0.3 is 14.4 Å². The van der Waals surface area contributed by atoms with E-state index >= 15 is 0 Å². The van der Waals surface area contributed by atoms with Crippen LogP contribution in [0.4, 0.5) is 5.69 Å². The summed E-state index contributed by atoms with van der Waals surface area (Å²) in [5, 5.41) is 0. The summed E-state index contributed by atoms with van der Waals surface area (Å²) in [6, 6.07) is 34.5. The van der Waals surface area contributed by atoms with E-state index in [2.05, 4.69) is 159 Å². The summed E-state index contributed by atoms with van der Waals surface area (Å²) < 4.78 is 2.31. The molecule has 5 nitrogen and oxygen atoms in total. The van der Waals surface area contributed by atoms with E-state index in [-0.39, 0.29) is 31.9 Å². The van der Waals surface area contributed by atoms with Gasteiger partial charge in [-0.25, -0.2) is 0 Å². The molecular formula is C43H40IrN5. The standard InChI is InChI=1S/C27H28N3.C16H12N2.Ir/c1-16(2)18-11-8-12-19(17(3)4)24(18)27-29-25-22-10-7-6-9-20(22)21-13-14-28-15-23(21)26(25)30(27)5;1-17-10-16-14-8-3-2-6-12(14)13-7-4-5-9-15(13)18(16)11-17;/h6-9,11-17,21,23H,1-5H3;2-8,10-11H,1H3;/q-1;-2;+3. The van der Waals surface area contributed by atoms with Gasteiger partial charge in [0.1, 0.15) is 5.82 Å². The van der Waals surface area contributed by atoms with Crippen LogP contribution in [0.3, 0.4) is 0 Å². The molecule has 4 heterocycles. The van der Waals surface area contributed by atoms with Gasteiger partial charge in [-0.1, -0.05) is 87.5 Å². The molecule has 2 atom stereocenters. The van der Waals surface area contributed by atoms with Crippen LogP contribution in [-0.4, -0.2) is 27.7 Å². The first-order chi connectivity index (χ1) is 23.3. The van der Waals surface area contributed by atoms with Crippen molar-refractivity contribution in [2.45, 2.75) is 51.4 Å². The zero-order valence-electron chi connectivity index (χ0n) is 28.8. The number of allylic oxidation sites excluding steroid dienone is 1. The molecule has 1 aliphatic carbocycles. The van der Waals surface area contributed by atoms with Crippen molar-refractivity contribution in [2.24, 2.45) is 12.0 Å². The van der Waals surface area contributed by atoms with E-state index in [0.29, 0.717) is 11.8 Å². The third kappa shape index (κ3) is 5.42. The van der Waals surface area contributed by atoms with Crippen LogP contribution in [0.15, 0.2) is 102 Å². The smallest absolute Gasteiger partial charge is 0.510 e. The van der Waals surface area contributed by atoms with Crippen molar-refractivity contribution in [3.05, 3.63) is 144 Å². The first-order valence-electron chi connectivity index (χ1n) is 16.9. The van der Waals surface area contributed by atoms with Crippen LogP contribution in [0.5, 0.6) is 0 Å². The van der Waals surface area contributed by atoms with Crippen molar-refractivity contribution in [3.63, 3.8) is 0 Å². The van der Waals surface area contributed by atoms with E-state index in [4.69, 9.17) is 4.98 Å². The predicted octanol–water partition coefficient (Wildman–Crippen LogP) is 9.91. The monoisotopic (exact) mass is 819 g/mol. The molecule has 49 heavy (non-hydrogen) atoms. The third-order valence-electron chi connectivity index (χ3n) is 10.0. The van der Waals surface area contributed by atoms with Gasteiger partial charge in [0.15, 0.2) is 0 Å². The normalized spacial score (nSPS) is 17.6. The summed E-state index contributed by atoms with van der Waals surface area (Å²) in [7, 11) is 4.22. The van der Waals surface area contributed by atoms with Gasteiger partial charge in [0.25, 0.3) is 0 Å². The van der Waals surface area contributed by atoms with Gasteiger partial charge in [-0.2, -0.15) is 30.9 Å². The fraction of sp³-hybridized carbons (Fsp3) is 0.233. The summed E-state index contributed by atoms with van der Waals surface area (Å²) in [6.07, 6.45) is 8.38. The van der Waals surface area contributed by atoms with E-state index < -0.39 is 0 Å². The third-order valence-corrected chi connectivity index (χ3v) is 10.0. The minimum absolute atomic E-state index is 0. The first kappa shape index (κ1) is 33.0. The Kier molecular flexibility index (Phi) is 8.81.